The summed E-state index contributed by atoms with van der Waals surface area (Å²) < 4.78 is 10.8. The smallest absolute Gasteiger partial charge is 0.289 e. The molecular formula is C16H24N2O3. The number of hydrogen-bond donors (Lipinski definition) is 0. The number of carbonyl (C=O) groups excluding carboxylic acids is 1. The predicted molar refractivity (Wildman–Crippen MR) is 79.2 cm³/mol. The van der Waals surface area contributed by atoms with Crippen LogP contribution in [0.1, 0.15) is 29.8 Å². The number of likely N-dealkylation sites (tertiary alicyclic amines) is 1. The van der Waals surface area contributed by atoms with Crippen LogP contribution in [0.15, 0.2) is 22.8 Å². The molecule has 1 atom stereocenters. The molecule has 0 aliphatic carbocycles. The number of piperidine rings is 1. The van der Waals surface area contributed by atoms with E-state index in [-0.39, 0.29) is 5.91 Å². The van der Waals surface area contributed by atoms with E-state index in [1.54, 1.807) is 18.4 Å². The molecule has 0 saturated carbocycles. The molecule has 1 aromatic heterocycles. The van der Waals surface area contributed by atoms with Crippen molar-refractivity contribution in [3.8, 4) is 0 Å². The van der Waals surface area contributed by atoms with Gasteiger partial charge in [0, 0.05) is 25.1 Å². The Bertz CT molecular complexity index is 446. The van der Waals surface area contributed by atoms with Crippen LogP contribution in [0.2, 0.25) is 0 Å². The van der Waals surface area contributed by atoms with E-state index >= 15 is 0 Å². The van der Waals surface area contributed by atoms with Crippen molar-refractivity contribution in [3.63, 3.8) is 0 Å². The first-order chi connectivity index (χ1) is 10.2. The van der Waals surface area contributed by atoms with Gasteiger partial charge in [0.25, 0.3) is 5.91 Å². The highest BCUT2D eigenvalue weighted by Crippen LogP contribution is 2.23. The molecule has 2 saturated heterocycles. The summed E-state index contributed by atoms with van der Waals surface area (Å²) in [5, 5.41) is 0. The fourth-order valence-corrected chi connectivity index (χ4v) is 3.25. The molecule has 1 unspecified atom stereocenters. The lowest BCUT2D eigenvalue weighted by molar-refractivity contribution is 0.0506. The fourth-order valence-electron chi connectivity index (χ4n) is 3.25. The first kappa shape index (κ1) is 14.6. The van der Waals surface area contributed by atoms with E-state index < -0.39 is 0 Å². The molecule has 1 amide bonds. The summed E-state index contributed by atoms with van der Waals surface area (Å²) in [7, 11) is 2.14. The lowest BCUT2D eigenvalue weighted by Gasteiger charge is -2.38. The molecule has 5 nitrogen and oxygen atoms in total. The molecule has 2 fully saturated rings. The number of ether oxygens (including phenoxy) is 1. The average Bonchev–Trinajstić information content (AvgIpc) is 3.18. The number of rotatable bonds is 4. The van der Waals surface area contributed by atoms with E-state index in [2.05, 4.69) is 11.9 Å². The zero-order valence-electron chi connectivity index (χ0n) is 12.7. The van der Waals surface area contributed by atoms with Gasteiger partial charge in [-0.2, -0.15) is 0 Å². The zero-order chi connectivity index (χ0) is 14.7. The minimum Gasteiger partial charge on any atom is -0.459 e. The standard InChI is InChI=1S/C16H24N2O3/c1-17-7-4-14(5-8-17)18(11-13-6-10-20-12-13)16(19)15-3-2-9-21-15/h2-3,9,13-14H,4-8,10-12H2,1H3. The third-order valence-electron chi connectivity index (χ3n) is 4.60. The molecule has 1 aromatic rings. The Morgan fingerprint density at radius 2 is 2.19 bits per heavy atom. The van der Waals surface area contributed by atoms with Crippen LogP contribution in [-0.2, 0) is 4.74 Å². The van der Waals surface area contributed by atoms with Crippen LogP contribution in [0.3, 0.4) is 0 Å². The quantitative estimate of drug-likeness (QED) is 0.849. The van der Waals surface area contributed by atoms with Gasteiger partial charge < -0.3 is 19.0 Å². The summed E-state index contributed by atoms with van der Waals surface area (Å²) in [6.45, 7) is 4.48. The maximum absolute atomic E-state index is 12.8. The second kappa shape index (κ2) is 6.62. The van der Waals surface area contributed by atoms with Crippen LogP contribution in [0.4, 0.5) is 0 Å². The highest BCUT2D eigenvalue weighted by molar-refractivity contribution is 5.91. The summed E-state index contributed by atoms with van der Waals surface area (Å²) >= 11 is 0. The van der Waals surface area contributed by atoms with E-state index in [0.29, 0.717) is 17.7 Å². The Balaban J connectivity index is 1.71. The lowest BCUT2D eigenvalue weighted by Crippen LogP contribution is -2.48. The molecule has 0 bridgehead atoms. The zero-order valence-corrected chi connectivity index (χ0v) is 12.7. The summed E-state index contributed by atoms with van der Waals surface area (Å²) in [5.74, 6) is 0.942. The molecule has 5 heteroatoms. The SMILES string of the molecule is CN1CCC(N(CC2CCOC2)C(=O)c2ccco2)CC1. The molecule has 3 rings (SSSR count). The Labute approximate surface area is 125 Å². The van der Waals surface area contributed by atoms with Crippen molar-refractivity contribution >= 4 is 5.91 Å². The van der Waals surface area contributed by atoms with Gasteiger partial charge in [0.1, 0.15) is 0 Å². The van der Waals surface area contributed by atoms with Crippen LogP contribution < -0.4 is 0 Å². The highest BCUT2D eigenvalue weighted by Gasteiger charge is 2.31. The summed E-state index contributed by atoms with van der Waals surface area (Å²) in [6.07, 6.45) is 4.69. The van der Waals surface area contributed by atoms with Crippen LogP contribution in [-0.4, -0.2) is 61.6 Å². The Kier molecular flexibility index (Phi) is 4.60. The van der Waals surface area contributed by atoms with E-state index in [9.17, 15) is 4.79 Å². The predicted octanol–water partition coefficient (Wildman–Crippen LogP) is 1.85. The lowest BCUT2D eigenvalue weighted by atomic mass is 10.0. The van der Waals surface area contributed by atoms with Crippen molar-refractivity contribution in [1.29, 1.82) is 0 Å². The van der Waals surface area contributed by atoms with Gasteiger partial charge in [-0.15, -0.1) is 0 Å². The molecule has 0 spiro atoms. The summed E-state index contributed by atoms with van der Waals surface area (Å²) in [5.41, 5.74) is 0. The van der Waals surface area contributed by atoms with Gasteiger partial charge in [-0.1, -0.05) is 0 Å². The molecule has 0 N–H and O–H groups in total. The largest absolute Gasteiger partial charge is 0.459 e. The normalized spacial score (nSPS) is 24.3. The van der Waals surface area contributed by atoms with Crippen molar-refractivity contribution in [1.82, 2.24) is 9.80 Å². The molecule has 3 heterocycles. The van der Waals surface area contributed by atoms with Gasteiger partial charge in [0.2, 0.25) is 0 Å². The van der Waals surface area contributed by atoms with Crippen LogP contribution in [0, 0.1) is 5.92 Å². The number of hydrogen-bond acceptors (Lipinski definition) is 4. The van der Waals surface area contributed by atoms with Crippen LogP contribution >= 0.6 is 0 Å². The van der Waals surface area contributed by atoms with Gasteiger partial charge in [-0.3, -0.25) is 4.79 Å². The van der Waals surface area contributed by atoms with E-state index in [0.717, 1.165) is 52.1 Å². The topological polar surface area (TPSA) is 45.9 Å². The minimum absolute atomic E-state index is 0.0291. The Morgan fingerprint density at radius 1 is 1.38 bits per heavy atom. The van der Waals surface area contributed by atoms with Gasteiger partial charge >= 0.3 is 0 Å². The molecule has 2 aliphatic heterocycles. The van der Waals surface area contributed by atoms with Crippen molar-refractivity contribution in [3.05, 3.63) is 24.2 Å². The average molecular weight is 292 g/mol. The summed E-state index contributed by atoms with van der Waals surface area (Å²) in [6, 6.07) is 3.85. The number of amides is 1. The van der Waals surface area contributed by atoms with Crippen molar-refractivity contribution in [2.24, 2.45) is 5.92 Å². The number of nitrogens with zero attached hydrogens (tertiary/aromatic N) is 2. The van der Waals surface area contributed by atoms with Gasteiger partial charge in [-0.25, -0.2) is 0 Å². The molecule has 21 heavy (non-hydrogen) atoms. The first-order valence-corrected chi connectivity index (χ1v) is 7.85. The number of furan rings is 1. The fraction of sp³-hybridized carbons (Fsp3) is 0.688. The molecule has 2 aliphatic rings. The molecular weight excluding hydrogens is 268 g/mol. The highest BCUT2D eigenvalue weighted by atomic mass is 16.5. The van der Waals surface area contributed by atoms with E-state index in [1.807, 2.05) is 4.90 Å². The van der Waals surface area contributed by atoms with Gasteiger partial charge in [0.15, 0.2) is 5.76 Å². The van der Waals surface area contributed by atoms with Crippen LogP contribution in [0.25, 0.3) is 0 Å². The maximum atomic E-state index is 12.8. The van der Waals surface area contributed by atoms with Crippen molar-refractivity contribution < 1.29 is 13.9 Å². The third-order valence-corrected chi connectivity index (χ3v) is 4.60. The van der Waals surface area contributed by atoms with Crippen molar-refractivity contribution in [2.45, 2.75) is 25.3 Å². The maximum Gasteiger partial charge on any atom is 0.289 e. The van der Waals surface area contributed by atoms with Gasteiger partial charge in [0.05, 0.1) is 12.9 Å². The minimum atomic E-state index is 0.0291. The Hall–Kier alpha value is -1.33. The molecule has 0 radical (unpaired) electrons. The number of carbonyl (C=O) groups is 1. The third kappa shape index (κ3) is 3.47. The second-order valence-corrected chi connectivity index (χ2v) is 6.20. The second-order valence-electron chi connectivity index (χ2n) is 6.20. The monoisotopic (exact) mass is 292 g/mol. The van der Waals surface area contributed by atoms with Crippen molar-refractivity contribution in [2.75, 3.05) is 39.9 Å². The van der Waals surface area contributed by atoms with Crippen LogP contribution in [0.5, 0.6) is 0 Å². The first-order valence-electron chi connectivity index (χ1n) is 7.85. The summed E-state index contributed by atoms with van der Waals surface area (Å²) in [4.78, 5) is 17.1. The van der Waals surface area contributed by atoms with Gasteiger partial charge in [-0.05, 0) is 51.5 Å². The molecule has 116 valence electrons. The Morgan fingerprint density at radius 3 is 2.81 bits per heavy atom. The van der Waals surface area contributed by atoms with E-state index in [1.165, 1.54) is 0 Å². The molecule has 0 aromatic carbocycles. The van der Waals surface area contributed by atoms with E-state index in [4.69, 9.17) is 9.15 Å².